The van der Waals surface area contributed by atoms with Crippen molar-refractivity contribution < 1.29 is 60.8 Å². The molecule has 0 spiro atoms. The Kier molecular flexibility index (Phi) is 36.4. The number of ether oxygens (including phenoxy) is 9. The standard InChI is InChI=1S/C42H87O13P/c1-10-19-28-44-40(45-29-20-11-2,46-30-21-12-3)37-53-56(43,54-38-41(47-31-22-13-4,48-32-23-14-5)49-33-24-15-6)55-39-42(50-34-25-16-7,51-35-26-17-8)52-36-27-18-9/h10-39H2,1-9H3. The summed E-state index contributed by atoms with van der Waals surface area (Å²) in [7, 11) is -4.58. The average Bonchev–Trinajstić information content (AvgIpc) is 3.19. The first-order valence-electron chi connectivity index (χ1n) is 22.5. The van der Waals surface area contributed by atoms with Crippen LogP contribution in [0.3, 0.4) is 0 Å². The summed E-state index contributed by atoms with van der Waals surface area (Å²) in [6.07, 6.45) is 15.0. The van der Waals surface area contributed by atoms with E-state index in [-0.39, 0.29) is 0 Å². The summed E-state index contributed by atoms with van der Waals surface area (Å²) in [5.74, 6) is -4.97. The molecule has 0 atom stereocenters. The van der Waals surface area contributed by atoms with Crippen LogP contribution in [0.25, 0.3) is 0 Å². The molecule has 14 heteroatoms. The number of phosphoric ester groups is 1. The molecule has 0 N–H and O–H groups in total. The van der Waals surface area contributed by atoms with Crippen molar-refractivity contribution in [1.29, 1.82) is 0 Å². The molecule has 338 valence electrons. The van der Waals surface area contributed by atoms with Crippen LogP contribution in [0.4, 0.5) is 0 Å². The van der Waals surface area contributed by atoms with E-state index >= 15 is 4.57 Å². The SMILES string of the molecule is CCCCOC(COP(=O)(OCC(OCCCC)(OCCCC)OCCCC)OCC(OCCCC)(OCCCC)OCCCC)(OCCCC)OCCCC. The fourth-order valence-corrected chi connectivity index (χ4v) is 5.86. The Morgan fingerprint density at radius 2 is 0.429 bits per heavy atom. The maximum absolute atomic E-state index is 15.2. The van der Waals surface area contributed by atoms with Crippen LogP contribution in [0.1, 0.15) is 178 Å². The molecule has 56 heavy (non-hydrogen) atoms. The number of hydrogen-bond donors (Lipinski definition) is 0. The maximum atomic E-state index is 15.2. The number of hydrogen-bond acceptors (Lipinski definition) is 13. The van der Waals surface area contributed by atoms with Gasteiger partial charge in [0.15, 0.2) is 0 Å². The molecule has 0 aliphatic carbocycles. The van der Waals surface area contributed by atoms with Gasteiger partial charge in [-0.2, -0.15) is 0 Å². The molecule has 0 saturated heterocycles. The lowest BCUT2D eigenvalue weighted by molar-refractivity contribution is -0.398. The Bertz CT molecular complexity index is 708. The van der Waals surface area contributed by atoms with E-state index < -0.39 is 45.6 Å². The summed E-state index contributed by atoms with van der Waals surface area (Å²) in [4.78, 5) is 0. The van der Waals surface area contributed by atoms with E-state index in [0.29, 0.717) is 59.5 Å². The van der Waals surface area contributed by atoms with Gasteiger partial charge in [0, 0.05) is 0 Å². The fourth-order valence-electron chi connectivity index (χ4n) is 4.68. The van der Waals surface area contributed by atoms with Gasteiger partial charge in [0.2, 0.25) is 0 Å². The molecule has 0 aromatic carbocycles. The molecule has 0 bridgehead atoms. The van der Waals surface area contributed by atoms with E-state index in [4.69, 9.17) is 56.2 Å². The highest BCUT2D eigenvalue weighted by Gasteiger charge is 2.45. The number of phosphoric acid groups is 1. The summed E-state index contributed by atoms with van der Waals surface area (Å²) in [6, 6.07) is 0. The molecule has 0 saturated carbocycles. The van der Waals surface area contributed by atoms with E-state index in [0.717, 1.165) is 116 Å². The minimum atomic E-state index is -4.58. The van der Waals surface area contributed by atoms with Gasteiger partial charge in [-0.3, -0.25) is 13.6 Å². The van der Waals surface area contributed by atoms with Crippen molar-refractivity contribution in [2.45, 2.75) is 196 Å². The molecular formula is C42H87O13P. The highest BCUT2D eigenvalue weighted by Crippen LogP contribution is 2.52. The van der Waals surface area contributed by atoms with E-state index in [1.807, 2.05) is 0 Å². The lowest BCUT2D eigenvalue weighted by atomic mass is 10.3. The molecule has 0 aliphatic heterocycles. The Labute approximate surface area is 343 Å². The first-order chi connectivity index (χ1) is 27.2. The molecule has 0 amide bonds. The molecule has 0 aliphatic rings. The maximum Gasteiger partial charge on any atom is 0.475 e. The zero-order chi connectivity index (χ0) is 41.7. The minimum Gasteiger partial charge on any atom is -0.326 e. The normalized spacial score (nSPS) is 12.9. The molecule has 0 rings (SSSR count). The molecule has 13 nitrogen and oxygen atoms in total. The van der Waals surface area contributed by atoms with E-state index in [1.165, 1.54) is 0 Å². The van der Waals surface area contributed by atoms with Crippen molar-refractivity contribution in [2.24, 2.45) is 0 Å². The second-order valence-corrected chi connectivity index (χ2v) is 15.8. The molecule has 0 heterocycles. The van der Waals surface area contributed by atoms with Gasteiger partial charge in [-0.25, -0.2) is 4.57 Å². The summed E-state index contributed by atoms with van der Waals surface area (Å²) >= 11 is 0. The molecule has 0 unspecified atom stereocenters. The van der Waals surface area contributed by atoms with Crippen molar-refractivity contribution in [3.8, 4) is 0 Å². The van der Waals surface area contributed by atoms with Crippen LogP contribution >= 0.6 is 7.82 Å². The van der Waals surface area contributed by atoms with E-state index in [2.05, 4.69) is 62.3 Å². The highest BCUT2D eigenvalue weighted by molar-refractivity contribution is 7.48. The van der Waals surface area contributed by atoms with Gasteiger partial charge in [0.1, 0.15) is 19.8 Å². The third-order valence-corrected chi connectivity index (χ3v) is 9.91. The van der Waals surface area contributed by atoms with Crippen molar-refractivity contribution in [3.05, 3.63) is 0 Å². The average molecular weight is 831 g/mol. The smallest absolute Gasteiger partial charge is 0.326 e. The molecule has 0 radical (unpaired) electrons. The van der Waals surface area contributed by atoms with E-state index in [9.17, 15) is 0 Å². The summed E-state index contributed by atoms with van der Waals surface area (Å²) in [5.41, 5.74) is 0. The predicted molar refractivity (Wildman–Crippen MR) is 221 cm³/mol. The molecule has 0 fully saturated rings. The van der Waals surface area contributed by atoms with Crippen LogP contribution in [0, 0.1) is 0 Å². The minimum absolute atomic E-state index is 0.347. The lowest BCUT2D eigenvalue weighted by Crippen LogP contribution is -2.47. The van der Waals surface area contributed by atoms with Gasteiger partial charge in [0.05, 0.1) is 59.5 Å². The number of unbranched alkanes of at least 4 members (excludes halogenated alkanes) is 9. The summed E-state index contributed by atoms with van der Waals surface area (Å²) < 4.78 is 90.5. The number of rotatable bonds is 45. The van der Waals surface area contributed by atoms with Crippen molar-refractivity contribution in [3.63, 3.8) is 0 Å². The van der Waals surface area contributed by atoms with Gasteiger partial charge < -0.3 is 42.6 Å². The Hall–Kier alpha value is -0.250. The Morgan fingerprint density at radius 3 is 0.554 bits per heavy atom. The largest absolute Gasteiger partial charge is 0.475 e. The van der Waals surface area contributed by atoms with Gasteiger partial charge >= 0.3 is 25.7 Å². The van der Waals surface area contributed by atoms with Crippen LogP contribution in [-0.4, -0.2) is 97.2 Å². The highest BCUT2D eigenvalue weighted by atomic mass is 31.2. The third-order valence-electron chi connectivity index (χ3n) is 8.58. The van der Waals surface area contributed by atoms with Crippen LogP contribution in [0.2, 0.25) is 0 Å². The Balaban J connectivity index is 7.07. The first-order valence-corrected chi connectivity index (χ1v) is 23.9. The summed E-state index contributed by atoms with van der Waals surface area (Å²) in [5, 5.41) is 0. The Morgan fingerprint density at radius 1 is 0.286 bits per heavy atom. The van der Waals surface area contributed by atoms with Gasteiger partial charge in [0.25, 0.3) is 0 Å². The quantitative estimate of drug-likeness (QED) is 0.0328. The van der Waals surface area contributed by atoms with E-state index in [1.54, 1.807) is 0 Å². The fraction of sp³-hybridized carbons (Fsp3) is 1.00. The zero-order valence-electron chi connectivity index (χ0n) is 37.5. The molecular weight excluding hydrogens is 743 g/mol. The van der Waals surface area contributed by atoms with Crippen LogP contribution in [-0.2, 0) is 60.8 Å². The zero-order valence-corrected chi connectivity index (χ0v) is 38.4. The second-order valence-electron chi connectivity index (χ2n) is 14.1. The topological polar surface area (TPSA) is 128 Å². The van der Waals surface area contributed by atoms with Crippen LogP contribution in [0.5, 0.6) is 0 Å². The third kappa shape index (κ3) is 26.8. The van der Waals surface area contributed by atoms with Gasteiger partial charge in [-0.1, -0.05) is 120 Å². The van der Waals surface area contributed by atoms with Crippen LogP contribution < -0.4 is 0 Å². The van der Waals surface area contributed by atoms with Crippen molar-refractivity contribution >= 4 is 7.82 Å². The van der Waals surface area contributed by atoms with Crippen LogP contribution in [0.15, 0.2) is 0 Å². The summed E-state index contributed by atoms with van der Waals surface area (Å²) in [6.45, 7) is 20.6. The monoisotopic (exact) mass is 831 g/mol. The van der Waals surface area contributed by atoms with Gasteiger partial charge in [-0.15, -0.1) is 0 Å². The second kappa shape index (κ2) is 36.6. The van der Waals surface area contributed by atoms with Crippen molar-refractivity contribution in [1.82, 2.24) is 0 Å². The van der Waals surface area contributed by atoms with Gasteiger partial charge in [-0.05, 0) is 57.8 Å². The first kappa shape index (κ1) is 55.8. The predicted octanol–water partition coefficient (Wildman–Crippen LogP) is 11.5. The van der Waals surface area contributed by atoms with Crippen molar-refractivity contribution in [2.75, 3.05) is 79.3 Å². The molecule has 0 aromatic heterocycles. The lowest BCUT2D eigenvalue weighted by Gasteiger charge is -2.37. The molecule has 0 aromatic rings.